The number of carbonyl (C=O) groups excluding carboxylic acids is 2. The standard InChI is InChI=1S/C21H27N3O3/c1-24(17-8-2-3-9-17)13-5-12-23-21(26)16-7-4-6-15(14-16)18-10-11-19(27-18)20(22)25/h4,6-7,10-11,14,17H,2-3,5,8-9,12-13H2,1H3,(H2,22,25)(H,23,26). The number of nitrogens with two attached hydrogens (primary N) is 1. The molecule has 144 valence electrons. The molecule has 1 aromatic heterocycles. The van der Waals surface area contributed by atoms with Crippen molar-refractivity contribution < 1.29 is 14.0 Å². The van der Waals surface area contributed by atoms with Gasteiger partial charge in [-0.3, -0.25) is 9.59 Å². The number of amides is 2. The first-order valence-corrected chi connectivity index (χ1v) is 9.53. The van der Waals surface area contributed by atoms with Crippen molar-refractivity contribution in [3.8, 4) is 11.3 Å². The molecule has 1 saturated carbocycles. The van der Waals surface area contributed by atoms with Gasteiger partial charge in [0, 0.05) is 23.7 Å². The van der Waals surface area contributed by atoms with E-state index in [1.807, 2.05) is 6.07 Å². The summed E-state index contributed by atoms with van der Waals surface area (Å²) in [6, 6.07) is 11.1. The average molecular weight is 369 g/mol. The predicted molar refractivity (Wildman–Crippen MR) is 104 cm³/mol. The maximum atomic E-state index is 12.4. The van der Waals surface area contributed by atoms with E-state index in [-0.39, 0.29) is 11.7 Å². The SMILES string of the molecule is CN(CCCNC(=O)c1cccc(-c2ccc(C(N)=O)o2)c1)C1CCCC1. The lowest BCUT2D eigenvalue weighted by Gasteiger charge is -2.23. The normalized spacial score (nSPS) is 14.6. The Bertz CT molecular complexity index is 793. The van der Waals surface area contributed by atoms with Crippen LogP contribution in [0.2, 0.25) is 0 Å². The minimum Gasteiger partial charge on any atom is -0.451 e. The molecule has 1 heterocycles. The molecule has 27 heavy (non-hydrogen) atoms. The molecule has 6 nitrogen and oxygen atoms in total. The maximum absolute atomic E-state index is 12.4. The van der Waals surface area contributed by atoms with Crippen LogP contribution in [0.4, 0.5) is 0 Å². The summed E-state index contributed by atoms with van der Waals surface area (Å²) in [4.78, 5) is 26.0. The molecule has 3 rings (SSSR count). The van der Waals surface area contributed by atoms with Crippen LogP contribution in [0.1, 0.15) is 53.0 Å². The summed E-state index contributed by atoms with van der Waals surface area (Å²) in [5.41, 5.74) is 6.51. The third kappa shape index (κ3) is 4.98. The Morgan fingerprint density at radius 3 is 2.70 bits per heavy atom. The molecular weight excluding hydrogens is 342 g/mol. The number of hydrogen-bond acceptors (Lipinski definition) is 4. The van der Waals surface area contributed by atoms with Gasteiger partial charge in [0.1, 0.15) is 5.76 Å². The van der Waals surface area contributed by atoms with Crippen LogP contribution in [-0.4, -0.2) is 42.9 Å². The van der Waals surface area contributed by atoms with E-state index in [1.54, 1.807) is 24.3 Å². The predicted octanol–water partition coefficient (Wildman–Crippen LogP) is 3.04. The topological polar surface area (TPSA) is 88.6 Å². The van der Waals surface area contributed by atoms with Gasteiger partial charge in [-0.05, 0) is 57.1 Å². The van der Waals surface area contributed by atoms with E-state index in [0.29, 0.717) is 23.9 Å². The fourth-order valence-electron chi connectivity index (χ4n) is 3.60. The van der Waals surface area contributed by atoms with Gasteiger partial charge in [-0.2, -0.15) is 0 Å². The number of rotatable bonds is 8. The van der Waals surface area contributed by atoms with Crippen molar-refractivity contribution in [1.29, 1.82) is 0 Å². The van der Waals surface area contributed by atoms with Gasteiger partial charge in [-0.25, -0.2) is 0 Å². The summed E-state index contributed by atoms with van der Waals surface area (Å²) in [7, 11) is 2.17. The number of furan rings is 1. The molecule has 0 unspecified atom stereocenters. The van der Waals surface area contributed by atoms with Gasteiger partial charge in [-0.1, -0.05) is 25.0 Å². The summed E-state index contributed by atoms with van der Waals surface area (Å²) >= 11 is 0. The van der Waals surface area contributed by atoms with Crippen LogP contribution in [0, 0.1) is 0 Å². The van der Waals surface area contributed by atoms with E-state index >= 15 is 0 Å². The summed E-state index contributed by atoms with van der Waals surface area (Å²) in [6.07, 6.45) is 6.18. The van der Waals surface area contributed by atoms with Crippen LogP contribution in [0.3, 0.4) is 0 Å². The van der Waals surface area contributed by atoms with Gasteiger partial charge in [0.05, 0.1) is 0 Å². The minimum atomic E-state index is -0.613. The molecule has 0 saturated heterocycles. The molecule has 0 bridgehead atoms. The highest BCUT2D eigenvalue weighted by atomic mass is 16.3. The minimum absolute atomic E-state index is 0.103. The molecule has 0 atom stereocenters. The Morgan fingerprint density at radius 2 is 2.00 bits per heavy atom. The van der Waals surface area contributed by atoms with Crippen LogP contribution < -0.4 is 11.1 Å². The first-order valence-electron chi connectivity index (χ1n) is 9.53. The molecule has 0 spiro atoms. The third-order valence-electron chi connectivity index (χ3n) is 5.18. The van der Waals surface area contributed by atoms with Gasteiger partial charge >= 0.3 is 0 Å². The van der Waals surface area contributed by atoms with Gasteiger partial charge in [-0.15, -0.1) is 0 Å². The number of carbonyl (C=O) groups is 2. The lowest BCUT2D eigenvalue weighted by Crippen LogP contribution is -2.33. The number of primary amides is 1. The van der Waals surface area contributed by atoms with Gasteiger partial charge in [0.25, 0.3) is 11.8 Å². The van der Waals surface area contributed by atoms with Gasteiger partial charge < -0.3 is 20.4 Å². The van der Waals surface area contributed by atoms with Crippen molar-refractivity contribution in [3.63, 3.8) is 0 Å². The highest BCUT2D eigenvalue weighted by molar-refractivity contribution is 5.95. The highest BCUT2D eigenvalue weighted by Gasteiger charge is 2.18. The van der Waals surface area contributed by atoms with Crippen LogP contribution >= 0.6 is 0 Å². The molecule has 0 radical (unpaired) electrons. The number of nitrogens with zero attached hydrogens (tertiary/aromatic N) is 1. The van der Waals surface area contributed by atoms with E-state index < -0.39 is 5.91 Å². The molecule has 2 aromatic rings. The first-order chi connectivity index (χ1) is 13.0. The molecule has 1 aliphatic rings. The lowest BCUT2D eigenvalue weighted by atomic mass is 10.1. The zero-order chi connectivity index (χ0) is 19.2. The van der Waals surface area contributed by atoms with Crippen LogP contribution in [-0.2, 0) is 0 Å². The van der Waals surface area contributed by atoms with E-state index in [4.69, 9.17) is 10.2 Å². The number of nitrogens with one attached hydrogen (secondary N) is 1. The number of hydrogen-bond donors (Lipinski definition) is 2. The second kappa shape index (κ2) is 8.86. The average Bonchev–Trinajstić information content (AvgIpc) is 3.37. The molecule has 1 aliphatic carbocycles. The second-order valence-corrected chi connectivity index (χ2v) is 7.14. The smallest absolute Gasteiger partial charge is 0.284 e. The van der Waals surface area contributed by atoms with Crippen LogP contribution in [0.25, 0.3) is 11.3 Å². The Hall–Kier alpha value is -2.60. The fraction of sp³-hybridized carbons (Fsp3) is 0.429. The molecule has 1 aromatic carbocycles. The summed E-state index contributed by atoms with van der Waals surface area (Å²) in [5.74, 6) is -0.109. The quantitative estimate of drug-likeness (QED) is 0.700. The van der Waals surface area contributed by atoms with Crippen molar-refractivity contribution >= 4 is 11.8 Å². The molecule has 3 N–H and O–H groups in total. The van der Waals surface area contributed by atoms with Crippen molar-refractivity contribution in [2.75, 3.05) is 20.1 Å². The van der Waals surface area contributed by atoms with E-state index in [9.17, 15) is 9.59 Å². The van der Waals surface area contributed by atoms with Crippen LogP contribution in [0.15, 0.2) is 40.8 Å². The molecular formula is C21H27N3O3. The van der Waals surface area contributed by atoms with E-state index in [1.165, 1.54) is 31.7 Å². The van der Waals surface area contributed by atoms with E-state index in [0.717, 1.165) is 18.5 Å². The summed E-state index contributed by atoms with van der Waals surface area (Å²) in [6.45, 7) is 1.64. The largest absolute Gasteiger partial charge is 0.451 e. The summed E-state index contributed by atoms with van der Waals surface area (Å²) in [5, 5.41) is 2.98. The van der Waals surface area contributed by atoms with Gasteiger partial charge in [0.2, 0.25) is 0 Å². The highest BCUT2D eigenvalue weighted by Crippen LogP contribution is 2.23. The molecule has 0 aliphatic heterocycles. The Balaban J connectivity index is 1.51. The van der Waals surface area contributed by atoms with Crippen molar-refractivity contribution in [2.24, 2.45) is 5.73 Å². The Kier molecular flexibility index (Phi) is 6.29. The lowest BCUT2D eigenvalue weighted by molar-refractivity contribution is 0.0948. The fourth-order valence-corrected chi connectivity index (χ4v) is 3.60. The van der Waals surface area contributed by atoms with Crippen molar-refractivity contribution in [1.82, 2.24) is 10.2 Å². The van der Waals surface area contributed by atoms with Gasteiger partial charge in [0.15, 0.2) is 5.76 Å². The zero-order valence-electron chi connectivity index (χ0n) is 15.7. The maximum Gasteiger partial charge on any atom is 0.284 e. The second-order valence-electron chi connectivity index (χ2n) is 7.14. The molecule has 6 heteroatoms. The van der Waals surface area contributed by atoms with Crippen molar-refractivity contribution in [2.45, 2.75) is 38.1 Å². The molecule has 2 amide bonds. The first kappa shape index (κ1) is 19.2. The van der Waals surface area contributed by atoms with Crippen LogP contribution in [0.5, 0.6) is 0 Å². The Labute approximate surface area is 159 Å². The van der Waals surface area contributed by atoms with E-state index in [2.05, 4.69) is 17.3 Å². The monoisotopic (exact) mass is 369 g/mol. The third-order valence-corrected chi connectivity index (χ3v) is 5.18. The number of benzene rings is 1. The zero-order valence-corrected chi connectivity index (χ0v) is 15.7. The molecule has 1 fully saturated rings. The summed E-state index contributed by atoms with van der Waals surface area (Å²) < 4.78 is 5.43. The Morgan fingerprint density at radius 1 is 1.22 bits per heavy atom. The van der Waals surface area contributed by atoms with Crippen molar-refractivity contribution in [3.05, 3.63) is 47.7 Å².